The van der Waals surface area contributed by atoms with E-state index in [4.69, 9.17) is 9.84 Å². The molecule has 0 atom stereocenters. The molecule has 15 heavy (non-hydrogen) atoms. The van der Waals surface area contributed by atoms with Gasteiger partial charge in [0.15, 0.2) is 5.82 Å². The largest absolute Gasteiger partial charge is 0.497 e. The average Bonchev–Trinajstić information content (AvgIpc) is 2.61. The Bertz CT molecular complexity index is 533. The van der Waals surface area contributed by atoms with Gasteiger partial charge in [0.2, 0.25) is 0 Å². The quantitative estimate of drug-likeness (QED) is 0.795. The molecule has 0 amide bonds. The van der Waals surface area contributed by atoms with Crippen LogP contribution < -0.4 is 4.74 Å². The number of aromatic amines is 1. The molecule has 2 N–H and O–H groups in total. The molecule has 0 aliphatic carbocycles. The number of hydrogen-bond acceptors (Lipinski definition) is 2. The number of hydrogen-bond donors (Lipinski definition) is 2. The van der Waals surface area contributed by atoms with Crippen LogP contribution in [-0.4, -0.2) is 23.2 Å². The molecule has 0 spiro atoms. The molecule has 0 saturated heterocycles. The summed E-state index contributed by atoms with van der Waals surface area (Å²) in [4.78, 5) is 13.1. The van der Waals surface area contributed by atoms with E-state index < -0.39 is 11.8 Å². The van der Waals surface area contributed by atoms with E-state index in [1.54, 1.807) is 6.07 Å². The molecule has 0 saturated carbocycles. The minimum absolute atomic E-state index is 0.0443. The lowest BCUT2D eigenvalue weighted by Gasteiger charge is -1.99. The van der Waals surface area contributed by atoms with Crippen LogP contribution in [0.3, 0.4) is 0 Å². The van der Waals surface area contributed by atoms with Crippen LogP contribution in [0.15, 0.2) is 18.2 Å². The van der Waals surface area contributed by atoms with Gasteiger partial charge < -0.3 is 14.8 Å². The molecule has 1 aromatic carbocycles. The van der Waals surface area contributed by atoms with E-state index in [2.05, 4.69) is 4.98 Å². The molecule has 5 heteroatoms. The zero-order valence-electron chi connectivity index (χ0n) is 7.87. The fraction of sp³-hybridized carbons (Fsp3) is 0.100. The molecule has 4 nitrogen and oxygen atoms in total. The highest BCUT2D eigenvalue weighted by Gasteiger charge is 2.11. The van der Waals surface area contributed by atoms with Crippen molar-refractivity contribution in [1.82, 2.24) is 4.98 Å². The molecule has 0 aliphatic heterocycles. The maximum Gasteiger partial charge on any atom is 0.352 e. The Kier molecular flexibility index (Phi) is 2.07. The summed E-state index contributed by atoms with van der Waals surface area (Å²) < 4.78 is 18.3. The fourth-order valence-corrected chi connectivity index (χ4v) is 1.41. The summed E-state index contributed by atoms with van der Waals surface area (Å²) in [5, 5.41) is 9.19. The number of carboxylic acids is 1. The number of ether oxygens (including phenoxy) is 1. The summed E-state index contributed by atoms with van der Waals surface area (Å²) in [5.74, 6) is -1.29. The third-order valence-corrected chi connectivity index (χ3v) is 2.12. The molecule has 0 aliphatic rings. The number of carboxylic acid groups (broad SMARTS) is 1. The van der Waals surface area contributed by atoms with Crippen molar-refractivity contribution in [2.45, 2.75) is 0 Å². The van der Waals surface area contributed by atoms with Crippen LogP contribution in [0.4, 0.5) is 4.39 Å². The molecule has 1 aromatic heterocycles. The van der Waals surface area contributed by atoms with Crippen molar-refractivity contribution < 1.29 is 19.0 Å². The molecular formula is C10H8FNO3. The second kappa shape index (κ2) is 3.27. The molecule has 0 fully saturated rings. The Morgan fingerprint density at radius 2 is 2.20 bits per heavy atom. The van der Waals surface area contributed by atoms with Gasteiger partial charge in [0, 0.05) is 11.5 Å². The highest BCUT2D eigenvalue weighted by Crippen LogP contribution is 2.24. The first-order chi connectivity index (χ1) is 7.11. The number of fused-ring (bicyclic) bond motifs is 1. The van der Waals surface area contributed by atoms with Gasteiger partial charge in [-0.15, -0.1) is 0 Å². The summed E-state index contributed by atoms with van der Waals surface area (Å²) in [5.41, 5.74) is 0.130. The molecular weight excluding hydrogens is 201 g/mol. The lowest BCUT2D eigenvalue weighted by molar-refractivity contribution is 0.0691. The van der Waals surface area contributed by atoms with Crippen molar-refractivity contribution in [1.29, 1.82) is 0 Å². The molecule has 0 unspecified atom stereocenters. The number of nitrogens with one attached hydrogen (secondary N) is 1. The van der Waals surface area contributed by atoms with Gasteiger partial charge in [-0.25, -0.2) is 9.18 Å². The topological polar surface area (TPSA) is 62.3 Å². The molecule has 78 valence electrons. The van der Waals surface area contributed by atoms with Crippen molar-refractivity contribution in [3.05, 3.63) is 29.7 Å². The minimum atomic E-state index is -1.12. The summed E-state index contributed by atoms with van der Waals surface area (Å²) >= 11 is 0. The van der Waals surface area contributed by atoms with Gasteiger partial charge >= 0.3 is 5.97 Å². The summed E-state index contributed by atoms with van der Waals surface area (Å²) in [7, 11) is 1.42. The maximum absolute atomic E-state index is 13.4. The van der Waals surface area contributed by atoms with Gasteiger partial charge in [0.1, 0.15) is 11.4 Å². The number of benzene rings is 1. The SMILES string of the molecule is COc1cc(F)c2[nH]c(C(=O)O)cc2c1. The van der Waals surface area contributed by atoms with Gasteiger partial charge in [-0.3, -0.25) is 0 Å². The van der Waals surface area contributed by atoms with E-state index in [-0.39, 0.29) is 11.2 Å². The van der Waals surface area contributed by atoms with Crippen LogP contribution >= 0.6 is 0 Å². The molecule has 2 aromatic rings. The van der Waals surface area contributed by atoms with E-state index in [9.17, 15) is 9.18 Å². The van der Waals surface area contributed by atoms with Crippen molar-refractivity contribution in [3.8, 4) is 5.75 Å². The standard InChI is InChI=1S/C10H8FNO3/c1-15-6-2-5-3-8(10(13)14)12-9(5)7(11)4-6/h2-4,12H,1H3,(H,13,14). The third kappa shape index (κ3) is 1.52. The van der Waals surface area contributed by atoms with Crippen molar-refractivity contribution in [2.24, 2.45) is 0 Å². The van der Waals surface area contributed by atoms with Crippen LogP contribution in [0.5, 0.6) is 5.75 Å². The molecule has 0 bridgehead atoms. The van der Waals surface area contributed by atoms with Crippen LogP contribution in [0.2, 0.25) is 0 Å². The second-order valence-corrected chi connectivity index (χ2v) is 3.06. The number of methoxy groups -OCH3 is 1. The molecule has 2 rings (SSSR count). The van der Waals surface area contributed by atoms with E-state index in [0.717, 1.165) is 0 Å². The predicted molar refractivity (Wildman–Crippen MR) is 51.8 cm³/mol. The number of H-pyrrole nitrogens is 1. The van der Waals surface area contributed by atoms with Crippen molar-refractivity contribution >= 4 is 16.9 Å². The summed E-state index contributed by atoms with van der Waals surface area (Å²) in [6.45, 7) is 0. The summed E-state index contributed by atoms with van der Waals surface area (Å²) in [6, 6.07) is 4.13. The minimum Gasteiger partial charge on any atom is -0.497 e. The third-order valence-electron chi connectivity index (χ3n) is 2.12. The first-order valence-electron chi connectivity index (χ1n) is 4.21. The Morgan fingerprint density at radius 1 is 1.47 bits per heavy atom. The van der Waals surface area contributed by atoms with Gasteiger partial charge in [-0.2, -0.15) is 0 Å². The molecule has 0 radical (unpaired) electrons. The number of rotatable bonds is 2. The number of halogens is 1. The monoisotopic (exact) mass is 209 g/mol. The summed E-state index contributed by atoms with van der Waals surface area (Å²) in [6.07, 6.45) is 0. The predicted octanol–water partition coefficient (Wildman–Crippen LogP) is 2.01. The smallest absolute Gasteiger partial charge is 0.352 e. The van der Waals surface area contributed by atoms with Gasteiger partial charge in [-0.1, -0.05) is 0 Å². The Labute approximate surface area is 84.3 Å². The van der Waals surface area contributed by atoms with E-state index >= 15 is 0 Å². The first kappa shape index (κ1) is 9.51. The number of aromatic nitrogens is 1. The van der Waals surface area contributed by atoms with Crippen LogP contribution in [0.25, 0.3) is 10.9 Å². The normalized spacial score (nSPS) is 10.5. The number of carbonyl (C=O) groups is 1. The van der Waals surface area contributed by atoms with Crippen LogP contribution in [-0.2, 0) is 0 Å². The first-order valence-corrected chi connectivity index (χ1v) is 4.21. The van der Waals surface area contributed by atoms with Crippen LogP contribution in [0.1, 0.15) is 10.5 Å². The van der Waals surface area contributed by atoms with Crippen molar-refractivity contribution in [2.75, 3.05) is 7.11 Å². The van der Waals surface area contributed by atoms with Crippen molar-refractivity contribution in [3.63, 3.8) is 0 Å². The lowest BCUT2D eigenvalue weighted by atomic mass is 10.2. The second-order valence-electron chi connectivity index (χ2n) is 3.06. The Morgan fingerprint density at radius 3 is 2.80 bits per heavy atom. The fourth-order valence-electron chi connectivity index (χ4n) is 1.41. The zero-order chi connectivity index (χ0) is 11.0. The van der Waals surface area contributed by atoms with Crippen LogP contribution in [0, 0.1) is 5.82 Å². The highest BCUT2D eigenvalue weighted by atomic mass is 19.1. The van der Waals surface area contributed by atoms with E-state index in [1.807, 2.05) is 0 Å². The van der Waals surface area contributed by atoms with E-state index in [1.165, 1.54) is 19.2 Å². The number of aromatic carboxylic acids is 1. The Hall–Kier alpha value is -2.04. The van der Waals surface area contributed by atoms with E-state index in [0.29, 0.717) is 11.1 Å². The highest BCUT2D eigenvalue weighted by molar-refractivity contribution is 5.94. The van der Waals surface area contributed by atoms with Gasteiger partial charge in [-0.05, 0) is 12.1 Å². The zero-order valence-corrected chi connectivity index (χ0v) is 7.87. The average molecular weight is 209 g/mol. The molecule has 1 heterocycles. The Balaban J connectivity index is 2.69. The lowest BCUT2D eigenvalue weighted by Crippen LogP contribution is -1.95. The van der Waals surface area contributed by atoms with Gasteiger partial charge in [0.05, 0.1) is 12.6 Å². The maximum atomic E-state index is 13.4. The van der Waals surface area contributed by atoms with Gasteiger partial charge in [0.25, 0.3) is 0 Å².